The summed E-state index contributed by atoms with van der Waals surface area (Å²) in [5, 5.41) is 0. The molecule has 0 saturated carbocycles. The topological polar surface area (TPSA) is 0 Å². The second kappa shape index (κ2) is 3.60. The Labute approximate surface area is 63.6 Å². The average Bonchev–Trinajstić information content (AvgIpc) is 1.90. The Bertz CT molecular complexity index is 151. The molecule has 0 nitrogen and oxygen atoms in total. The van der Waals surface area contributed by atoms with Gasteiger partial charge >= 0.3 is 0 Å². The maximum absolute atomic E-state index is 2.32. The maximum atomic E-state index is 2.32. The summed E-state index contributed by atoms with van der Waals surface area (Å²) in [5.41, 5.74) is 1.52. The highest BCUT2D eigenvalue weighted by molar-refractivity contribution is 5.11. The van der Waals surface area contributed by atoms with E-state index in [-0.39, 0.29) is 0 Å². The summed E-state index contributed by atoms with van der Waals surface area (Å²) in [6.45, 7) is 4.53. The van der Waals surface area contributed by atoms with E-state index in [4.69, 9.17) is 0 Å². The van der Waals surface area contributed by atoms with E-state index in [0.29, 0.717) is 0 Å². The summed E-state index contributed by atoms with van der Waals surface area (Å²) in [5.74, 6) is 0.875. The quantitative estimate of drug-likeness (QED) is 0.479. The summed E-state index contributed by atoms with van der Waals surface area (Å²) in [7, 11) is 0. The molecule has 0 radical (unpaired) electrons. The molecule has 0 heteroatoms. The lowest BCUT2D eigenvalue weighted by molar-refractivity contribution is 0.536. The van der Waals surface area contributed by atoms with E-state index in [9.17, 15) is 0 Å². The van der Waals surface area contributed by atoms with Gasteiger partial charge in [0, 0.05) is 0 Å². The Kier molecular flexibility index (Phi) is 2.73. The lowest BCUT2D eigenvalue weighted by atomic mass is 9.96. The van der Waals surface area contributed by atoms with Crippen LogP contribution in [-0.4, -0.2) is 0 Å². The molecule has 0 aliphatic heterocycles. The molecule has 0 N–H and O–H groups in total. The van der Waals surface area contributed by atoms with Crippen molar-refractivity contribution in [1.82, 2.24) is 0 Å². The van der Waals surface area contributed by atoms with Gasteiger partial charge in [-0.25, -0.2) is 0 Å². The third-order valence-corrected chi connectivity index (χ3v) is 2.09. The molecule has 0 aromatic rings. The summed E-state index contributed by atoms with van der Waals surface area (Å²) in [6, 6.07) is 0. The Morgan fingerprint density at radius 3 is 3.10 bits per heavy atom. The van der Waals surface area contributed by atoms with Gasteiger partial charge in [-0.15, -0.1) is 0 Å². The van der Waals surface area contributed by atoms with Crippen molar-refractivity contribution in [3.63, 3.8) is 0 Å². The Balaban J connectivity index is 2.52. The van der Waals surface area contributed by atoms with Gasteiger partial charge in [-0.2, -0.15) is 0 Å². The Morgan fingerprint density at radius 2 is 2.30 bits per heavy atom. The molecule has 0 spiro atoms. The summed E-state index contributed by atoms with van der Waals surface area (Å²) >= 11 is 0. The Hall–Kier alpha value is -0.520. The number of hydrogen-bond acceptors (Lipinski definition) is 0. The number of hydrogen-bond donors (Lipinski definition) is 0. The van der Waals surface area contributed by atoms with Crippen LogP contribution in [0, 0.1) is 5.92 Å². The molecule has 0 amide bonds. The van der Waals surface area contributed by atoms with Gasteiger partial charge in [0.05, 0.1) is 0 Å². The first kappa shape index (κ1) is 7.59. The predicted octanol–water partition coefficient (Wildman–Crippen LogP) is 3.31. The zero-order chi connectivity index (χ0) is 7.40. The van der Waals surface area contributed by atoms with Crippen LogP contribution in [0.25, 0.3) is 0 Å². The van der Waals surface area contributed by atoms with Gasteiger partial charge in [0.2, 0.25) is 0 Å². The second-order valence-electron chi connectivity index (χ2n) is 3.32. The standard InChI is InChI=1S/C10H16/c1-9-5-3-4-6-10(2)8-7-9/h3-5,10H,6-8H2,1-2H3/b4-3-,9-5-. The minimum atomic E-state index is 0.875. The SMILES string of the molecule is C/C1=C/C=C\CC(C)CC1. The first-order valence-electron chi connectivity index (χ1n) is 4.11. The van der Waals surface area contributed by atoms with E-state index in [1.807, 2.05) is 0 Å². The van der Waals surface area contributed by atoms with Crippen molar-refractivity contribution in [1.29, 1.82) is 0 Å². The molecule has 0 bridgehead atoms. The van der Waals surface area contributed by atoms with Crippen molar-refractivity contribution in [2.45, 2.75) is 33.1 Å². The van der Waals surface area contributed by atoms with E-state index < -0.39 is 0 Å². The van der Waals surface area contributed by atoms with Gasteiger partial charge < -0.3 is 0 Å². The third kappa shape index (κ3) is 2.38. The van der Waals surface area contributed by atoms with Crippen LogP contribution in [0.3, 0.4) is 0 Å². The van der Waals surface area contributed by atoms with Crippen LogP contribution in [0.5, 0.6) is 0 Å². The lowest BCUT2D eigenvalue weighted by Crippen LogP contribution is -1.94. The van der Waals surface area contributed by atoms with Crippen molar-refractivity contribution in [2.75, 3.05) is 0 Å². The zero-order valence-corrected chi connectivity index (χ0v) is 6.93. The van der Waals surface area contributed by atoms with E-state index in [1.165, 1.54) is 24.8 Å². The van der Waals surface area contributed by atoms with Crippen LogP contribution in [0.1, 0.15) is 33.1 Å². The van der Waals surface area contributed by atoms with Crippen molar-refractivity contribution in [3.8, 4) is 0 Å². The van der Waals surface area contributed by atoms with E-state index in [1.54, 1.807) is 0 Å². The fourth-order valence-electron chi connectivity index (χ4n) is 1.22. The van der Waals surface area contributed by atoms with Crippen LogP contribution in [-0.2, 0) is 0 Å². The molecule has 0 heterocycles. The first-order valence-corrected chi connectivity index (χ1v) is 4.11. The minimum absolute atomic E-state index is 0.875. The lowest BCUT2D eigenvalue weighted by Gasteiger charge is -2.10. The van der Waals surface area contributed by atoms with Crippen LogP contribution in [0.15, 0.2) is 23.8 Å². The molecular weight excluding hydrogens is 120 g/mol. The molecular formula is C10H16. The molecule has 10 heavy (non-hydrogen) atoms. The second-order valence-corrected chi connectivity index (χ2v) is 3.32. The highest BCUT2D eigenvalue weighted by Gasteiger charge is 2.01. The van der Waals surface area contributed by atoms with Crippen LogP contribution >= 0.6 is 0 Å². The van der Waals surface area contributed by atoms with E-state index >= 15 is 0 Å². The van der Waals surface area contributed by atoms with Crippen molar-refractivity contribution < 1.29 is 0 Å². The first-order chi connectivity index (χ1) is 4.79. The monoisotopic (exact) mass is 136 g/mol. The molecule has 56 valence electrons. The van der Waals surface area contributed by atoms with Gasteiger partial charge in [0.25, 0.3) is 0 Å². The molecule has 0 aromatic carbocycles. The number of allylic oxidation sites excluding steroid dienone is 4. The largest absolute Gasteiger partial charge is 0.0843 e. The highest BCUT2D eigenvalue weighted by atomic mass is 14.1. The smallest absolute Gasteiger partial charge is 0.0317 e. The highest BCUT2D eigenvalue weighted by Crippen LogP contribution is 2.17. The molecule has 0 saturated heterocycles. The molecule has 0 aromatic heterocycles. The zero-order valence-electron chi connectivity index (χ0n) is 6.93. The van der Waals surface area contributed by atoms with Crippen molar-refractivity contribution in [2.24, 2.45) is 5.92 Å². The van der Waals surface area contributed by atoms with Gasteiger partial charge in [-0.3, -0.25) is 0 Å². The average molecular weight is 136 g/mol. The van der Waals surface area contributed by atoms with Crippen LogP contribution in [0.2, 0.25) is 0 Å². The third-order valence-electron chi connectivity index (χ3n) is 2.09. The fourth-order valence-corrected chi connectivity index (χ4v) is 1.22. The van der Waals surface area contributed by atoms with Gasteiger partial charge in [-0.1, -0.05) is 30.7 Å². The van der Waals surface area contributed by atoms with Gasteiger partial charge in [0.1, 0.15) is 0 Å². The maximum Gasteiger partial charge on any atom is -0.0317 e. The van der Waals surface area contributed by atoms with Gasteiger partial charge in [0.15, 0.2) is 0 Å². The van der Waals surface area contributed by atoms with Crippen molar-refractivity contribution >= 4 is 0 Å². The normalized spacial score (nSPS) is 35.4. The summed E-state index contributed by atoms with van der Waals surface area (Å²) in [4.78, 5) is 0. The van der Waals surface area contributed by atoms with Crippen LogP contribution in [0.4, 0.5) is 0 Å². The molecule has 1 aliphatic rings. The van der Waals surface area contributed by atoms with E-state index in [0.717, 1.165) is 5.92 Å². The summed E-state index contributed by atoms with van der Waals surface area (Å²) < 4.78 is 0. The number of rotatable bonds is 0. The van der Waals surface area contributed by atoms with Crippen molar-refractivity contribution in [3.05, 3.63) is 23.8 Å². The predicted molar refractivity (Wildman–Crippen MR) is 45.9 cm³/mol. The Morgan fingerprint density at radius 1 is 1.50 bits per heavy atom. The molecule has 1 unspecified atom stereocenters. The molecule has 1 atom stereocenters. The molecule has 1 rings (SSSR count). The molecule has 0 fully saturated rings. The minimum Gasteiger partial charge on any atom is -0.0843 e. The van der Waals surface area contributed by atoms with E-state index in [2.05, 4.69) is 32.1 Å². The summed E-state index contributed by atoms with van der Waals surface area (Å²) in [6.07, 6.45) is 10.6. The van der Waals surface area contributed by atoms with Gasteiger partial charge in [-0.05, 0) is 32.1 Å². The van der Waals surface area contributed by atoms with Crippen LogP contribution < -0.4 is 0 Å². The molecule has 1 aliphatic carbocycles. The fraction of sp³-hybridized carbons (Fsp3) is 0.600.